The smallest absolute Gasteiger partial charge is 0.0756 e. The van der Waals surface area contributed by atoms with E-state index in [9.17, 15) is 5.11 Å². The van der Waals surface area contributed by atoms with Gasteiger partial charge in [0.1, 0.15) is 0 Å². The Kier molecular flexibility index (Phi) is 4.11. The molecule has 1 aliphatic heterocycles. The van der Waals surface area contributed by atoms with E-state index in [2.05, 4.69) is 11.8 Å². The third-order valence-electron chi connectivity index (χ3n) is 4.68. The van der Waals surface area contributed by atoms with Crippen molar-refractivity contribution in [2.24, 2.45) is 17.6 Å². The van der Waals surface area contributed by atoms with Crippen LogP contribution in [0.1, 0.15) is 46.0 Å². The van der Waals surface area contributed by atoms with Gasteiger partial charge in [0.05, 0.1) is 5.60 Å². The van der Waals surface area contributed by atoms with Crippen LogP contribution in [0.15, 0.2) is 0 Å². The molecule has 100 valence electrons. The van der Waals surface area contributed by atoms with Gasteiger partial charge in [0.15, 0.2) is 0 Å². The molecular formula is C14H28N2O. The minimum atomic E-state index is -0.702. The number of fused-ring (bicyclic) bond motifs is 2. The molecule has 0 radical (unpaired) electrons. The molecule has 1 saturated carbocycles. The Labute approximate surface area is 105 Å². The quantitative estimate of drug-likeness (QED) is 0.784. The average molecular weight is 240 g/mol. The van der Waals surface area contributed by atoms with Crippen LogP contribution < -0.4 is 5.73 Å². The first kappa shape index (κ1) is 13.3. The molecule has 4 atom stereocenters. The zero-order chi connectivity index (χ0) is 12.5. The van der Waals surface area contributed by atoms with Crippen molar-refractivity contribution in [2.45, 2.75) is 57.6 Å². The molecule has 4 unspecified atom stereocenters. The van der Waals surface area contributed by atoms with Gasteiger partial charge in [0.25, 0.3) is 0 Å². The molecule has 1 saturated heterocycles. The molecular weight excluding hydrogens is 212 g/mol. The second-order valence-corrected chi connectivity index (χ2v) is 6.61. The Morgan fingerprint density at radius 1 is 1.35 bits per heavy atom. The number of hydrogen-bond donors (Lipinski definition) is 2. The van der Waals surface area contributed by atoms with Crippen LogP contribution in [0.2, 0.25) is 0 Å². The van der Waals surface area contributed by atoms with Crippen LogP contribution in [0, 0.1) is 11.8 Å². The average Bonchev–Trinajstić information content (AvgIpc) is 2.28. The van der Waals surface area contributed by atoms with Crippen LogP contribution in [-0.2, 0) is 0 Å². The second kappa shape index (κ2) is 5.25. The van der Waals surface area contributed by atoms with Crippen molar-refractivity contribution in [3.63, 3.8) is 0 Å². The molecule has 2 rings (SSSR count). The highest BCUT2D eigenvalue weighted by Crippen LogP contribution is 2.35. The lowest BCUT2D eigenvalue weighted by molar-refractivity contribution is 0.00105. The van der Waals surface area contributed by atoms with Gasteiger partial charge in [-0.25, -0.2) is 0 Å². The highest BCUT2D eigenvalue weighted by atomic mass is 16.3. The van der Waals surface area contributed by atoms with E-state index in [1.807, 2.05) is 6.92 Å². The van der Waals surface area contributed by atoms with E-state index in [1.165, 1.54) is 38.8 Å². The van der Waals surface area contributed by atoms with Crippen molar-refractivity contribution >= 4 is 0 Å². The minimum Gasteiger partial charge on any atom is -0.389 e. The third-order valence-corrected chi connectivity index (χ3v) is 4.68. The molecule has 0 aromatic rings. The van der Waals surface area contributed by atoms with Crippen LogP contribution >= 0.6 is 0 Å². The molecule has 3 heteroatoms. The zero-order valence-corrected chi connectivity index (χ0v) is 11.4. The molecule has 1 heterocycles. The summed E-state index contributed by atoms with van der Waals surface area (Å²) in [4.78, 5) is 2.59. The maximum Gasteiger partial charge on any atom is 0.0756 e. The lowest BCUT2D eigenvalue weighted by Gasteiger charge is -2.45. The maximum atomic E-state index is 10.1. The predicted octanol–water partition coefficient (Wildman–Crippen LogP) is 1.60. The van der Waals surface area contributed by atoms with Gasteiger partial charge in [0.2, 0.25) is 0 Å². The van der Waals surface area contributed by atoms with E-state index in [0.29, 0.717) is 12.6 Å². The molecule has 3 nitrogen and oxygen atoms in total. The second-order valence-electron chi connectivity index (χ2n) is 6.61. The Morgan fingerprint density at radius 3 is 2.47 bits per heavy atom. The maximum absolute atomic E-state index is 10.1. The normalized spacial score (nSPS) is 35.3. The number of piperidine rings is 1. The topological polar surface area (TPSA) is 49.5 Å². The van der Waals surface area contributed by atoms with Crippen molar-refractivity contribution in [3.8, 4) is 0 Å². The predicted molar refractivity (Wildman–Crippen MR) is 70.8 cm³/mol. The summed E-state index contributed by atoms with van der Waals surface area (Å²) >= 11 is 0. The molecule has 3 N–H and O–H groups in total. The lowest BCUT2D eigenvalue weighted by Crippen LogP contribution is -2.50. The van der Waals surface area contributed by atoms with Crippen LogP contribution in [0.4, 0.5) is 0 Å². The summed E-state index contributed by atoms with van der Waals surface area (Å²) < 4.78 is 0. The molecule has 1 aliphatic carbocycles. The van der Waals surface area contributed by atoms with Crippen molar-refractivity contribution in [1.29, 1.82) is 0 Å². The molecule has 2 aliphatic rings. The van der Waals surface area contributed by atoms with Gasteiger partial charge in [-0.1, -0.05) is 6.42 Å². The van der Waals surface area contributed by atoms with E-state index in [0.717, 1.165) is 18.3 Å². The van der Waals surface area contributed by atoms with Crippen molar-refractivity contribution < 1.29 is 5.11 Å². The summed E-state index contributed by atoms with van der Waals surface area (Å²) in [5.74, 6) is 1.82. The molecule has 17 heavy (non-hydrogen) atoms. The fourth-order valence-electron chi connectivity index (χ4n) is 3.68. The number of aliphatic hydroxyl groups is 1. The van der Waals surface area contributed by atoms with Crippen LogP contribution in [0.25, 0.3) is 0 Å². The highest BCUT2D eigenvalue weighted by Gasteiger charge is 2.34. The Hall–Kier alpha value is -0.120. The standard InChI is InChI=1S/C14H28N2O/c1-11(7-14(2,17)10-15)16-8-12-4-3-5-13(6-12)9-16/h11-13,17H,3-10,15H2,1-2H3. The number of likely N-dealkylation sites (tertiary alicyclic amines) is 1. The first-order valence-corrected chi connectivity index (χ1v) is 7.16. The molecule has 0 aromatic heterocycles. The van der Waals surface area contributed by atoms with E-state index in [4.69, 9.17) is 5.73 Å². The van der Waals surface area contributed by atoms with Crippen LogP contribution in [0.5, 0.6) is 0 Å². The Bertz CT molecular complexity index is 243. The van der Waals surface area contributed by atoms with Gasteiger partial charge < -0.3 is 15.7 Å². The fourth-order valence-corrected chi connectivity index (χ4v) is 3.68. The van der Waals surface area contributed by atoms with E-state index in [1.54, 1.807) is 0 Å². The first-order chi connectivity index (χ1) is 8.00. The highest BCUT2D eigenvalue weighted by molar-refractivity contribution is 4.88. The molecule has 2 fully saturated rings. The van der Waals surface area contributed by atoms with Crippen LogP contribution in [-0.4, -0.2) is 41.3 Å². The molecule has 0 spiro atoms. The minimum absolute atomic E-state index is 0.359. The first-order valence-electron chi connectivity index (χ1n) is 7.16. The Morgan fingerprint density at radius 2 is 1.94 bits per heavy atom. The summed E-state index contributed by atoms with van der Waals surface area (Å²) in [5, 5.41) is 10.1. The SMILES string of the molecule is CC(CC(C)(O)CN)N1CC2CCCC(C2)C1. The summed E-state index contributed by atoms with van der Waals surface area (Å²) in [6.45, 7) is 6.92. The van der Waals surface area contributed by atoms with Crippen molar-refractivity contribution in [3.05, 3.63) is 0 Å². The lowest BCUT2D eigenvalue weighted by atomic mass is 9.77. The van der Waals surface area contributed by atoms with E-state index >= 15 is 0 Å². The fraction of sp³-hybridized carbons (Fsp3) is 1.00. The summed E-state index contributed by atoms with van der Waals surface area (Å²) in [6.07, 6.45) is 6.48. The monoisotopic (exact) mass is 240 g/mol. The van der Waals surface area contributed by atoms with E-state index in [-0.39, 0.29) is 0 Å². The Balaban J connectivity index is 1.89. The van der Waals surface area contributed by atoms with Gasteiger partial charge in [0, 0.05) is 25.7 Å². The number of hydrogen-bond acceptors (Lipinski definition) is 3. The molecule has 2 bridgehead atoms. The summed E-state index contributed by atoms with van der Waals surface area (Å²) in [7, 11) is 0. The largest absolute Gasteiger partial charge is 0.389 e. The zero-order valence-electron chi connectivity index (χ0n) is 11.4. The van der Waals surface area contributed by atoms with Crippen molar-refractivity contribution in [1.82, 2.24) is 4.90 Å². The van der Waals surface area contributed by atoms with Gasteiger partial charge in [-0.3, -0.25) is 0 Å². The molecule has 0 amide bonds. The van der Waals surface area contributed by atoms with Gasteiger partial charge in [-0.05, 0) is 51.4 Å². The third kappa shape index (κ3) is 3.43. The summed E-state index contributed by atoms with van der Waals surface area (Å²) in [6, 6.07) is 0.456. The van der Waals surface area contributed by atoms with Gasteiger partial charge in [-0.2, -0.15) is 0 Å². The van der Waals surface area contributed by atoms with Crippen LogP contribution in [0.3, 0.4) is 0 Å². The molecule has 0 aromatic carbocycles. The number of rotatable bonds is 4. The van der Waals surface area contributed by atoms with Gasteiger partial charge >= 0.3 is 0 Å². The van der Waals surface area contributed by atoms with Gasteiger partial charge in [-0.15, -0.1) is 0 Å². The number of nitrogens with two attached hydrogens (primary N) is 1. The van der Waals surface area contributed by atoms with E-state index < -0.39 is 5.60 Å². The van der Waals surface area contributed by atoms with Crippen molar-refractivity contribution in [2.75, 3.05) is 19.6 Å². The number of nitrogens with zero attached hydrogens (tertiary/aromatic N) is 1. The summed E-state index contributed by atoms with van der Waals surface area (Å²) in [5.41, 5.74) is 4.91.